The normalized spacial score (nSPS) is 12.3. The summed E-state index contributed by atoms with van der Waals surface area (Å²) in [5.41, 5.74) is 14.3. The quantitative estimate of drug-likeness (QED) is 0.491. The first-order valence-corrected chi connectivity index (χ1v) is 9.68. The second kappa shape index (κ2) is 8.37. The molecule has 0 saturated carbocycles. The Morgan fingerprint density at radius 3 is 2.70 bits per heavy atom. The molecule has 0 bridgehead atoms. The number of nitrogens with one attached hydrogen (secondary N) is 1. The zero-order valence-corrected chi connectivity index (χ0v) is 18.1. The Kier molecular flexibility index (Phi) is 5.87. The maximum Gasteiger partial charge on any atom is 0.250 e. The van der Waals surface area contributed by atoms with Gasteiger partial charge in [0.05, 0.1) is 0 Å². The number of pyridine rings is 1. The average molecular weight is 402 g/mol. The largest absolute Gasteiger partial charge is 0.404 e. The van der Waals surface area contributed by atoms with Crippen molar-refractivity contribution in [3.63, 3.8) is 0 Å². The summed E-state index contributed by atoms with van der Waals surface area (Å²) in [5, 5.41) is 1.03. The van der Waals surface area contributed by atoms with Gasteiger partial charge in [0.1, 0.15) is 5.65 Å². The lowest BCUT2D eigenvalue weighted by molar-refractivity contribution is -0.113. The van der Waals surface area contributed by atoms with E-state index < -0.39 is 0 Å². The number of anilines is 1. The number of benzene rings is 1. The van der Waals surface area contributed by atoms with E-state index in [1.54, 1.807) is 25.2 Å². The number of hydrogen-bond acceptors (Lipinski definition) is 4. The third-order valence-electron chi connectivity index (χ3n) is 5.48. The smallest absolute Gasteiger partial charge is 0.250 e. The first-order chi connectivity index (χ1) is 14.3. The summed E-state index contributed by atoms with van der Waals surface area (Å²) in [7, 11) is 3.49. The molecule has 0 radical (unpaired) electrons. The van der Waals surface area contributed by atoms with Gasteiger partial charge in [0.2, 0.25) is 5.91 Å². The van der Waals surface area contributed by atoms with Crippen molar-refractivity contribution in [1.82, 2.24) is 9.97 Å². The molecule has 0 saturated heterocycles. The second-order valence-electron chi connectivity index (χ2n) is 7.19. The van der Waals surface area contributed by atoms with Gasteiger partial charge >= 0.3 is 0 Å². The fraction of sp³-hybridized carbons (Fsp3) is 0.208. The van der Waals surface area contributed by atoms with Crippen LogP contribution in [0.3, 0.4) is 0 Å². The van der Waals surface area contributed by atoms with Crippen molar-refractivity contribution < 1.29 is 4.79 Å². The minimum Gasteiger partial charge on any atom is -0.404 e. The Balaban J connectivity index is 2.26. The van der Waals surface area contributed by atoms with Gasteiger partial charge in [-0.15, -0.1) is 0 Å². The van der Waals surface area contributed by atoms with Gasteiger partial charge in [0.25, 0.3) is 0 Å². The van der Waals surface area contributed by atoms with Crippen molar-refractivity contribution in [2.24, 2.45) is 10.7 Å². The summed E-state index contributed by atoms with van der Waals surface area (Å²) in [6.07, 6.45) is 4.72. The van der Waals surface area contributed by atoms with E-state index in [2.05, 4.69) is 28.5 Å². The van der Waals surface area contributed by atoms with E-state index in [4.69, 9.17) is 5.73 Å². The van der Waals surface area contributed by atoms with Gasteiger partial charge in [-0.05, 0) is 50.1 Å². The van der Waals surface area contributed by atoms with Gasteiger partial charge in [-0.25, -0.2) is 4.98 Å². The molecule has 1 amide bonds. The molecule has 0 atom stereocenters. The standard InChI is InChI=1S/C24H27N5O/c1-7-21(30)29(6)18-10-8-9-17(11-18)23-16(4)28-24-22(23)14(2)20(13-27-24)19(12-25)15(3)26-5/h7-13H,1,25H2,2-6H3,(H,27,28)/b19-12+,26-15?. The summed E-state index contributed by atoms with van der Waals surface area (Å²) in [6, 6.07) is 7.89. The minimum absolute atomic E-state index is 0.157. The average Bonchev–Trinajstić information content (AvgIpc) is 3.11. The van der Waals surface area contributed by atoms with Crippen LogP contribution >= 0.6 is 0 Å². The predicted octanol–water partition coefficient (Wildman–Crippen LogP) is 4.39. The molecule has 0 aliphatic rings. The predicted molar refractivity (Wildman–Crippen MR) is 126 cm³/mol. The van der Waals surface area contributed by atoms with Crippen LogP contribution in [-0.2, 0) is 4.79 Å². The molecule has 6 nitrogen and oxygen atoms in total. The van der Waals surface area contributed by atoms with Crippen molar-refractivity contribution in [2.75, 3.05) is 19.0 Å². The maximum atomic E-state index is 12.1. The molecule has 3 rings (SSSR count). The molecular formula is C24H27N5O. The van der Waals surface area contributed by atoms with Crippen molar-refractivity contribution >= 4 is 33.9 Å². The number of aromatic amines is 1. The highest BCUT2D eigenvalue weighted by atomic mass is 16.2. The fourth-order valence-corrected chi connectivity index (χ4v) is 3.72. The van der Waals surface area contributed by atoms with Crippen molar-refractivity contribution in [3.8, 4) is 11.1 Å². The summed E-state index contributed by atoms with van der Waals surface area (Å²) < 4.78 is 0. The van der Waals surface area contributed by atoms with Gasteiger partial charge in [-0.1, -0.05) is 18.7 Å². The molecule has 0 aliphatic heterocycles. The number of H-pyrrole nitrogens is 1. The Labute approximate surface area is 176 Å². The lowest BCUT2D eigenvalue weighted by Crippen LogP contribution is -2.23. The van der Waals surface area contributed by atoms with E-state index in [0.717, 1.165) is 56.0 Å². The van der Waals surface area contributed by atoms with E-state index in [-0.39, 0.29) is 5.91 Å². The molecule has 30 heavy (non-hydrogen) atoms. The molecule has 2 heterocycles. The number of carbonyl (C=O) groups is 1. The SMILES string of the molecule is C=CC(=O)N(C)c1cccc(-c2c(C)[nH]c3ncc(/C(=C/N)C(C)=NC)c(C)c23)c1. The molecular weight excluding hydrogens is 374 g/mol. The molecule has 1 aromatic carbocycles. The third kappa shape index (κ3) is 3.52. The molecule has 0 spiro atoms. The Morgan fingerprint density at radius 1 is 1.33 bits per heavy atom. The van der Waals surface area contributed by atoms with E-state index in [9.17, 15) is 4.79 Å². The number of nitrogens with two attached hydrogens (primary N) is 1. The number of hydrogen-bond donors (Lipinski definition) is 2. The molecule has 154 valence electrons. The van der Waals surface area contributed by atoms with E-state index >= 15 is 0 Å². The van der Waals surface area contributed by atoms with Crippen LogP contribution in [0.25, 0.3) is 27.7 Å². The van der Waals surface area contributed by atoms with Crippen LogP contribution in [0.1, 0.15) is 23.7 Å². The highest BCUT2D eigenvalue weighted by Crippen LogP contribution is 2.37. The number of amides is 1. The Bertz CT molecular complexity index is 1200. The number of likely N-dealkylation sites (N-methyl/N-ethyl adjacent to an activating group) is 1. The van der Waals surface area contributed by atoms with Crippen LogP contribution < -0.4 is 10.6 Å². The van der Waals surface area contributed by atoms with Crippen LogP contribution in [0.4, 0.5) is 5.69 Å². The summed E-state index contributed by atoms with van der Waals surface area (Å²) >= 11 is 0. The number of fused-ring (bicyclic) bond motifs is 1. The van der Waals surface area contributed by atoms with Gasteiger partial charge in [0, 0.05) is 65.7 Å². The highest BCUT2D eigenvalue weighted by Gasteiger charge is 2.19. The lowest BCUT2D eigenvalue weighted by Gasteiger charge is -2.17. The number of allylic oxidation sites excluding steroid dienone is 1. The molecule has 0 unspecified atom stereocenters. The van der Waals surface area contributed by atoms with E-state index in [0.29, 0.717) is 0 Å². The third-order valence-corrected chi connectivity index (χ3v) is 5.48. The topological polar surface area (TPSA) is 87.4 Å². The van der Waals surface area contributed by atoms with E-state index in [1.807, 2.05) is 44.3 Å². The molecule has 0 fully saturated rings. The van der Waals surface area contributed by atoms with Gasteiger partial charge < -0.3 is 15.6 Å². The first-order valence-electron chi connectivity index (χ1n) is 9.68. The number of nitrogens with zero attached hydrogens (tertiary/aromatic N) is 3. The summed E-state index contributed by atoms with van der Waals surface area (Å²) in [6.45, 7) is 9.60. The fourth-order valence-electron chi connectivity index (χ4n) is 3.72. The van der Waals surface area contributed by atoms with Crippen LogP contribution in [0.5, 0.6) is 0 Å². The molecule has 2 aromatic heterocycles. The Morgan fingerprint density at radius 2 is 2.07 bits per heavy atom. The number of aliphatic imine (C=N–C) groups is 1. The molecule has 6 heteroatoms. The summed E-state index contributed by atoms with van der Waals surface area (Å²) in [5.74, 6) is -0.157. The maximum absolute atomic E-state index is 12.1. The zero-order chi connectivity index (χ0) is 22.0. The van der Waals surface area contributed by atoms with Gasteiger partial charge in [0.15, 0.2) is 0 Å². The van der Waals surface area contributed by atoms with Crippen molar-refractivity contribution in [3.05, 3.63) is 66.1 Å². The Hall–Kier alpha value is -3.67. The lowest BCUT2D eigenvalue weighted by atomic mass is 9.94. The minimum atomic E-state index is -0.157. The second-order valence-corrected chi connectivity index (χ2v) is 7.19. The van der Waals surface area contributed by atoms with Crippen molar-refractivity contribution in [2.45, 2.75) is 20.8 Å². The number of aryl methyl sites for hydroxylation is 2. The van der Waals surface area contributed by atoms with Crippen LogP contribution in [0.15, 0.2) is 54.3 Å². The monoisotopic (exact) mass is 401 g/mol. The number of carbonyl (C=O) groups excluding carboxylic acids is 1. The van der Waals surface area contributed by atoms with E-state index in [1.165, 1.54) is 6.08 Å². The zero-order valence-electron chi connectivity index (χ0n) is 18.1. The highest BCUT2D eigenvalue weighted by molar-refractivity contribution is 6.23. The van der Waals surface area contributed by atoms with Crippen LogP contribution in [-0.4, -0.2) is 35.7 Å². The first kappa shape index (κ1) is 21.0. The van der Waals surface area contributed by atoms with Gasteiger partial charge in [-0.3, -0.25) is 9.79 Å². The number of rotatable bonds is 5. The van der Waals surface area contributed by atoms with Crippen molar-refractivity contribution in [1.29, 1.82) is 0 Å². The molecule has 3 N–H and O–H groups in total. The van der Waals surface area contributed by atoms with Gasteiger partial charge in [-0.2, -0.15) is 0 Å². The van der Waals surface area contributed by atoms with Crippen LogP contribution in [0, 0.1) is 13.8 Å². The summed E-state index contributed by atoms with van der Waals surface area (Å²) in [4.78, 5) is 26.0. The number of aromatic nitrogens is 2. The molecule has 3 aromatic rings. The van der Waals surface area contributed by atoms with Crippen LogP contribution in [0.2, 0.25) is 0 Å². The molecule has 0 aliphatic carbocycles.